The first kappa shape index (κ1) is 17.9. The van der Waals surface area contributed by atoms with E-state index in [0.29, 0.717) is 19.5 Å². The Bertz CT molecular complexity index is 1010. The molecule has 28 heavy (non-hydrogen) atoms. The Morgan fingerprint density at radius 1 is 1.21 bits per heavy atom. The zero-order valence-electron chi connectivity index (χ0n) is 15.7. The highest BCUT2D eigenvalue weighted by Crippen LogP contribution is 2.23. The summed E-state index contributed by atoms with van der Waals surface area (Å²) < 4.78 is 3.53. The van der Waals surface area contributed by atoms with Crippen molar-refractivity contribution in [2.24, 2.45) is 0 Å². The highest BCUT2D eigenvalue weighted by atomic mass is 16.2. The van der Waals surface area contributed by atoms with Crippen LogP contribution in [0.3, 0.4) is 0 Å². The number of benzene rings is 1. The largest absolute Gasteiger partial charge is 0.337 e. The van der Waals surface area contributed by atoms with Crippen molar-refractivity contribution in [3.63, 3.8) is 0 Å². The highest BCUT2D eigenvalue weighted by molar-refractivity contribution is 6.01. The molecular weight excluding hydrogens is 358 g/mol. The molecular formula is C19H21N7O2. The maximum atomic E-state index is 12.8. The topological polar surface area (TPSA) is 97.9 Å². The molecule has 9 nitrogen and oxygen atoms in total. The van der Waals surface area contributed by atoms with Crippen molar-refractivity contribution in [2.75, 3.05) is 11.9 Å². The van der Waals surface area contributed by atoms with Gasteiger partial charge >= 0.3 is 0 Å². The number of fused-ring (bicyclic) bond motifs is 1. The third-order valence-electron chi connectivity index (χ3n) is 4.82. The summed E-state index contributed by atoms with van der Waals surface area (Å²) in [6, 6.07) is 9.15. The summed E-state index contributed by atoms with van der Waals surface area (Å²) in [5.74, 6) is 0.166. The third-order valence-corrected chi connectivity index (χ3v) is 4.82. The van der Waals surface area contributed by atoms with Gasteiger partial charge in [0.2, 0.25) is 5.82 Å². The maximum absolute atomic E-state index is 12.8. The molecule has 0 saturated heterocycles. The van der Waals surface area contributed by atoms with Crippen LogP contribution < -0.4 is 10.2 Å². The second kappa shape index (κ2) is 7.26. The number of hydrogen-bond acceptors (Lipinski definition) is 5. The third kappa shape index (κ3) is 3.38. The van der Waals surface area contributed by atoms with E-state index < -0.39 is 11.9 Å². The molecule has 4 rings (SSSR count). The molecule has 0 fully saturated rings. The lowest BCUT2D eigenvalue weighted by Crippen LogP contribution is -2.47. The Kier molecular flexibility index (Phi) is 4.64. The molecule has 2 aromatic heterocycles. The minimum absolute atomic E-state index is 0.0492. The SMILES string of the molecule is Cc1ncn2c1N(C)C(=O)[C@H](NC(=O)c1ncn(Cc3ccccc3)n1)CC2. The number of nitrogens with one attached hydrogen (secondary N) is 1. The number of amides is 2. The minimum atomic E-state index is -0.641. The van der Waals surface area contributed by atoms with Crippen molar-refractivity contribution in [1.29, 1.82) is 0 Å². The smallest absolute Gasteiger partial charge is 0.291 e. The van der Waals surface area contributed by atoms with E-state index in [2.05, 4.69) is 20.4 Å². The van der Waals surface area contributed by atoms with Crippen molar-refractivity contribution in [3.8, 4) is 0 Å². The van der Waals surface area contributed by atoms with E-state index in [1.54, 1.807) is 23.0 Å². The van der Waals surface area contributed by atoms with Gasteiger partial charge in [0, 0.05) is 13.6 Å². The molecule has 1 aliphatic rings. The fraction of sp³-hybridized carbons (Fsp3) is 0.316. The van der Waals surface area contributed by atoms with Crippen LogP contribution >= 0.6 is 0 Å². The lowest BCUT2D eigenvalue weighted by Gasteiger charge is -2.20. The standard InChI is InChI=1S/C19H21N7O2/c1-13-18-24(2)19(28)15(8-9-25(18)11-20-13)22-17(27)16-21-12-26(23-16)10-14-6-4-3-5-7-14/h3-7,11-12,15H,8-10H2,1-2H3,(H,22,27)/t15-/m1/s1. The zero-order chi connectivity index (χ0) is 19.7. The zero-order valence-corrected chi connectivity index (χ0v) is 15.7. The number of likely N-dealkylation sites (N-methyl/N-ethyl adjacent to an activating group) is 1. The maximum Gasteiger partial charge on any atom is 0.291 e. The van der Waals surface area contributed by atoms with Crippen LogP contribution in [0.2, 0.25) is 0 Å². The lowest BCUT2D eigenvalue weighted by atomic mass is 10.2. The number of hydrogen-bond donors (Lipinski definition) is 1. The second-order valence-electron chi connectivity index (χ2n) is 6.81. The molecule has 0 unspecified atom stereocenters. The van der Waals surface area contributed by atoms with Crippen LogP contribution in [0.1, 0.15) is 28.3 Å². The molecule has 0 radical (unpaired) electrons. The van der Waals surface area contributed by atoms with E-state index in [9.17, 15) is 9.59 Å². The Labute approximate surface area is 162 Å². The Hall–Kier alpha value is -3.49. The number of aryl methyl sites for hydroxylation is 2. The molecule has 3 heterocycles. The molecule has 0 bridgehead atoms. The molecule has 2 amide bonds. The van der Waals surface area contributed by atoms with Gasteiger partial charge < -0.3 is 9.88 Å². The molecule has 1 atom stereocenters. The van der Waals surface area contributed by atoms with E-state index >= 15 is 0 Å². The average molecular weight is 379 g/mol. The molecule has 0 spiro atoms. The van der Waals surface area contributed by atoms with Gasteiger partial charge in [0.15, 0.2) is 0 Å². The van der Waals surface area contributed by atoms with Gasteiger partial charge in [-0.2, -0.15) is 0 Å². The Morgan fingerprint density at radius 2 is 2.00 bits per heavy atom. The lowest BCUT2D eigenvalue weighted by molar-refractivity contribution is -0.120. The van der Waals surface area contributed by atoms with Crippen molar-refractivity contribution >= 4 is 17.6 Å². The number of rotatable bonds is 4. The summed E-state index contributed by atoms with van der Waals surface area (Å²) in [6.45, 7) is 2.97. The number of anilines is 1. The van der Waals surface area contributed by atoms with E-state index in [1.807, 2.05) is 41.8 Å². The van der Waals surface area contributed by atoms with Crippen molar-refractivity contribution in [3.05, 3.63) is 60.1 Å². The summed E-state index contributed by atoms with van der Waals surface area (Å²) in [7, 11) is 1.69. The average Bonchev–Trinajstić information content (AvgIpc) is 3.28. The van der Waals surface area contributed by atoms with Crippen molar-refractivity contribution in [2.45, 2.75) is 32.5 Å². The van der Waals surface area contributed by atoms with Crippen LogP contribution in [-0.2, 0) is 17.9 Å². The van der Waals surface area contributed by atoms with Gasteiger partial charge in [-0.05, 0) is 18.9 Å². The fourth-order valence-corrected chi connectivity index (χ4v) is 3.41. The summed E-state index contributed by atoms with van der Waals surface area (Å²) in [4.78, 5) is 35.3. The Balaban J connectivity index is 1.45. The van der Waals surface area contributed by atoms with E-state index in [4.69, 9.17) is 0 Å². The van der Waals surface area contributed by atoms with Gasteiger partial charge in [-0.1, -0.05) is 30.3 Å². The van der Waals surface area contributed by atoms with Crippen LogP contribution in [0.15, 0.2) is 43.0 Å². The van der Waals surface area contributed by atoms with E-state index in [-0.39, 0.29) is 11.7 Å². The van der Waals surface area contributed by atoms with E-state index in [0.717, 1.165) is 17.1 Å². The first-order valence-electron chi connectivity index (χ1n) is 9.06. The minimum Gasteiger partial charge on any atom is -0.337 e. The van der Waals surface area contributed by atoms with Gasteiger partial charge in [0.25, 0.3) is 11.8 Å². The molecule has 3 aromatic rings. The fourth-order valence-electron chi connectivity index (χ4n) is 3.41. The van der Waals surface area contributed by atoms with Gasteiger partial charge in [-0.3, -0.25) is 14.5 Å². The molecule has 1 N–H and O–H groups in total. The van der Waals surface area contributed by atoms with Crippen LogP contribution in [0, 0.1) is 6.92 Å². The number of aromatic nitrogens is 5. The highest BCUT2D eigenvalue weighted by Gasteiger charge is 2.31. The normalized spacial score (nSPS) is 16.6. The predicted molar refractivity (Wildman–Crippen MR) is 102 cm³/mol. The Morgan fingerprint density at radius 3 is 2.79 bits per heavy atom. The summed E-state index contributed by atoms with van der Waals surface area (Å²) in [5, 5.41) is 7.01. The molecule has 0 saturated carbocycles. The molecule has 144 valence electrons. The van der Waals surface area contributed by atoms with Crippen LogP contribution in [0.25, 0.3) is 0 Å². The summed E-state index contributed by atoms with van der Waals surface area (Å²) in [6.07, 6.45) is 3.71. The van der Waals surface area contributed by atoms with Gasteiger partial charge in [-0.15, -0.1) is 5.10 Å². The quantitative estimate of drug-likeness (QED) is 0.729. The molecule has 0 aliphatic carbocycles. The number of carbonyl (C=O) groups is 2. The molecule has 1 aliphatic heterocycles. The predicted octanol–water partition coefficient (Wildman–Crippen LogP) is 0.996. The summed E-state index contributed by atoms with van der Waals surface area (Å²) in [5.41, 5.74) is 1.84. The van der Waals surface area contributed by atoms with Crippen LogP contribution in [0.5, 0.6) is 0 Å². The van der Waals surface area contributed by atoms with Crippen molar-refractivity contribution in [1.82, 2.24) is 29.6 Å². The number of carbonyl (C=O) groups excluding carboxylic acids is 2. The van der Waals surface area contributed by atoms with Gasteiger partial charge in [0.1, 0.15) is 18.2 Å². The molecule has 1 aromatic carbocycles. The second-order valence-corrected chi connectivity index (χ2v) is 6.81. The van der Waals surface area contributed by atoms with Crippen molar-refractivity contribution < 1.29 is 9.59 Å². The number of imidazole rings is 1. The van der Waals surface area contributed by atoms with Crippen LogP contribution in [0.4, 0.5) is 5.82 Å². The summed E-state index contributed by atoms with van der Waals surface area (Å²) >= 11 is 0. The number of nitrogens with zero attached hydrogens (tertiary/aromatic N) is 6. The first-order chi connectivity index (χ1) is 13.5. The molecule has 9 heteroatoms. The van der Waals surface area contributed by atoms with Gasteiger partial charge in [0.05, 0.1) is 18.6 Å². The first-order valence-corrected chi connectivity index (χ1v) is 9.06. The van der Waals surface area contributed by atoms with E-state index in [1.165, 1.54) is 6.33 Å². The monoisotopic (exact) mass is 379 g/mol. The van der Waals surface area contributed by atoms with Crippen LogP contribution in [-0.4, -0.2) is 49.2 Å². The van der Waals surface area contributed by atoms with Gasteiger partial charge in [-0.25, -0.2) is 14.6 Å².